The minimum absolute atomic E-state index is 0.0689. The Kier molecular flexibility index (Phi) is 8.36. The second-order valence-electron chi connectivity index (χ2n) is 8.91. The number of nitrogens with one attached hydrogen (secondary N) is 1. The Morgan fingerprint density at radius 1 is 1.19 bits per heavy atom. The van der Waals surface area contributed by atoms with Gasteiger partial charge in [-0.15, -0.1) is 0 Å². The molecule has 0 aromatic heterocycles. The minimum Gasteiger partial charge on any atom is -0.508 e. The molecule has 174 valence electrons. The summed E-state index contributed by atoms with van der Waals surface area (Å²) >= 11 is 0. The summed E-state index contributed by atoms with van der Waals surface area (Å²) in [5.74, 6) is 0.756. The molecule has 1 saturated heterocycles. The molecule has 1 aliphatic carbocycles. The number of amides is 1. The van der Waals surface area contributed by atoms with Crippen molar-refractivity contribution in [2.75, 3.05) is 19.4 Å². The van der Waals surface area contributed by atoms with Crippen LogP contribution in [0.15, 0.2) is 24.3 Å². The van der Waals surface area contributed by atoms with E-state index < -0.39 is 10.0 Å². The van der Waals surface area contributed by atoms with Gasteiger partial charge < -0.3 is 14.7 Å². The van der Waals surface area contributed by atoms with Crippen LogP contribution in [0.3, 0.4) is 0 Å². The number of sulfonamides is 1. The highest BCUT2D eigenvalue weighted by Gasteiger charge is 2.36. The van der Waals surface area contributed by atoms with E-state index in [0.717, 1.165) is 50.3 Å². The Labute approximate surface area is 186 Å². The van der Waals surface area contributed by atoms with Gasteiger partial charge in [-0.25, -0.2) is 13.1 Å². The van der Waals surface area contributed by atoms with Gasteiger partial charge in [0.2, 0.25) is 15.9 Å². The van der Waals surface area contributed by atoms with Crippen LogP contribution in [0.2, 0.25) is 0 Å². The number of likely N-dealkylation sites (tertiary alicyclic amines) is 1. The van der Waals surface area contributed by atoms with Crippen molar-refractivity contribution in [1.29, 1.82) is 0 Å². The fraction of sp³-hybridized carbons (Fsp3) is 0.696. The zero-order valence-electron chi connectivity index (χ0n) is 18.6. The van der Waals surface area contributed by atoms with Crippen LogP contribution in [0, 0.1) is 0 Å². The lowest BCUT2D eigenvalue weighted by molar-refractivity contribution is -0.138. The van der Waals surface area contributed by atoms with E-state index in [1.807, 2.05) is 30.0 Å². The summed E-state index contributed by atoms with van der Waals surface area (Å²) in [5.41, 5.74) is 1.00. The lowest BCUT2D eigenvalue weighted by atomic mass is 9.82. The number of carbonyl (C=O) groups excluding carboxylic acids is 1. The summed E-state index contributed by atoms with van der Waals surface area (Å²) in [7, 11) is -3.37. The Morgan fingerprint density at radius 3 is 2.55 bits per heavy atom. The normalized spacial score (nSPS) is 27.2. The molecule has 8 heteroatoms. The number of aromatic hydroxyl groups is 1. The van der Waals surface area contributed by atoms with Gasteiger partial charge in [-0.3, -0.25) is 4.79 Å². The topological polar surface area (TPSA) is 95.9 Å². The van der Waals surface area contributed by atoms with Crippen LogP contribution in [0.4, 0.5) is 0 Å². The van der Waals surface area contributed by atoms with E-state index in [0.29, 0.717) is 37.7 Å². The van der Waals surface area contributed by atoms with Crippen molar-refractivity contribution < 1.29 is 23.1 Å². The van der Waals surface area contributed by atoms with E-state index in [9.17, 15) is 18.3 Å². The predicted octanol–water partition coefficient (Wildman–Crippen LogP) is 3.14. The van der Waals surface area contributed by atoms with Gasteiger partial charge in [0.15, 0.2) is 0 Å². The van der Waals surface area contributed by atoms with E-state index in [2.05, 4.69) is 4.72 Å². The van der Waals surface area contributed by atoms with Crippen molar-refractivity contribution in [2.45, 2.75) is 82.4 Å². The summed E-state index contributed by atoms with van der Waals surface area (Å²) < 4.78 is 32.7. The van der Waals surface area contributed by atoms with Gasteiger partial charge in [0, 0.05) is 19.0 Å². The van der Waals surface area contributed by atoms with Gasteiger partial charge in [0.25, 0.3) is 0 Å². The smallest absolute Gasteiger partial charge is 0.222 e. The highest BCUT2D eigenvalue weighted by molar-refractivity contribution is 7.88. The number of para-hydroxylation sites is 1. The molecule has 0 bridgehead atoms. The first-order valence-corrected chi connectivity index (χ1v) is 13.3. The summed E-state index contributed by atoms with van der Waals surface area (Å²) in [6.45, 7) is 2.96. The fourth-order valence-corrected chi connectivity index (χ4v) is 5.78. The van der Waals surface area contributed by atoms with Crippen LogP contribution >= 0.6 is 0 Å². The first-order valence-electron chi connectivity index (χ1n) is 11.4. The molecular formula is C23H36N2O5S. The van der Waals surface area contributed by atoms with Crippen LogP contribution in [0.25, 0.3) is 0 Å². The summed E-state index contributed by atoms with van der Waals surface area (Å²) in [4.78, 5) is 14.5. The van der Waals surface area contributed by atoms with E-state index in [1.165, 1.54) is 0 Å². The number of phenols is 1. The Hall–Kier alpha value is -1.64. The maximum atomic E-state index is 12.7. The van der Waals surface area contributed by atoms with Crippen molar-refractivity contribution in [2.24, 2.45) is 0 Å². The largest absolute Gasteiger partial charge is 0.508 e. The number of piperidine rings is 1. The summed E-state index contributed by atoms with van der Waals surface area (Å²) in [6, 6.07) is 6.92. The van der Waals surface area contributed by atoms with Crippen molar-refractivity contribution >= 4 is 15.9 Å². The molecule has 2 aliphatic rings. The van der Waals surface area contributed by atoms with Gasteiger partial charge >= 0.3 is 0 Å². The lowest BCUT2D eigenvalue weighted by Crippen LogP contribution is -2.59. The zero-order chi connectivity index (χ0) is 22.4. The molecule has 2 fully saturated rings. The number of benzene rings is 1. The molecular weight excluding hydrogens is 416 g/mol. The Morgan fingerprint density at radius 2 is 1.90 bits per heavy atom. The first-order chi connectivity index (χ1) is 14.8. The third-order valence-corrected chi connectivity index (χ3v) is 7.21. The lowest BCUT2D eigenvalue weighted by Gasteiger charge is -2.42. The average Bonchev–Trinajstić information content (AvgIpc) is 2.72. The summed E-state index contributed by atoms with van der Waals surface area (Å²) in [5, 5.41) is 10.1. The fourth-order valence-electron chi connectivity index (χ4n) is 4.95. The molecule has 0 radical (unpaired) electrons. The molecule has 1 heterocycles. The zero-order valence-corrected chi connectivity index (χ0v) is 19.4. The van der Waals surface area contributed by atoms with Crippen molar-refractivity contribution in [3.8, 4) is 5.75 Å². The molecule has 2 N–H and O–H groups in total. The molecule has 1 saturated carbocycles. The number of hydrogen-bond donors (Lipinski definition) is 2. The van der Waals surface area contributed by atoms with Crippen LogP contribution in [0.5, 0.6) is 5.75 Å². The third-order valence-electron chi connectivity index (χ3n) is 6.48. The van der Waals surface area contributed by atoms with Crippen LogP contribution in [-0.2, 0) is 19.6 Å². The van der Waals surface area contributed by atoms with E-state index >= 15 is 0 Å². The Balaban J connectivity index is 1.61. The predicted molar refractivity (Wildman–Crippen MR) is 120 cm³/mol. The molecule has 1 amide bonds. The second-order valence-corrected chi connectivity index (χ2v) is 10.7. The highest BCUT2D eigenvalue weighted by atomic mass is 32.2. The van der Waals surface area contributed by atoms with Gasteiger partial charge in [-0.05, 0) is 62.5 Å². The van der Waals surface area contributed by atoms with Crippen molar-refractivity contribution in [3.05, 3.63) is 29.8 Å². The van der Waals surface area contributed by atoms with Gasteiger partial charge in [0.05, 0.1) is 25.0 Å². The number of hydrogen-bond acceptors (Lipinski definition) is 5. The maximum Gasteiger partial charge on any atom is 0.222 e. The van der Waals surface area contributed by atoms with Gasteiger partial charge in [0.1, 0.15) is 5.75 Å². The van der Waals surface area contributed by atoms with Gasteiger partial charge in [-0.1, -0.05) is 25.1 Å². The SMILES string of the molecule is CCCC(=O)N1CCC[C@H](NS(C)(=O)=O)[C@@H]1COC1CCC(c2ccccc2O)CC1. The van der Waals surface area contributed by atoms with Crippen molar-refractivity contribution in [3.63, 3.8) is 0 Å². The summed E-state index contributed by atoms with van der Waals surface area (Å²) in [6.07, 6.45) is 7.63. The standard InChI is InChI=1S/C23H36N2O5S/c1-3-7-23(27)25-15-6-9-20(24-31(2,28)29)21(25)16-30-18-13-11-17(12-14-18)19-8-4-5-10-22(19)26/h4-5,8,10,17-18,20-21,24,26H,3,6-7,9,11-16H2,1-2H3/t17?,18?,20-,21-/m0/s1. The number of carbonyl (C=O) groups is 1. The molecule has 7 nitrogen and oxygen atoms in total. The minimum atomic E-state index is -3.37. The quantitative estimate of drug-likeness (QED) is 0.632. The van der Waals surface area contributed by atoms with Crippen LogP contribution in [0.1, 0.15) is 69.8 Å². The molecule has 2 atom stereocenters. The van der Waals surface area contributed by atoms with Crippen molar-refractivity contribution in [1.82, 2.24) is 9.62 Å². The first kappa shape index (κ1) is 24.0. The maximum absolute atomic E-state index is 12.7. The molecule has 0 unspecified atom stereocenters. The third kappa shape index (κ3) is 6.67. The second kappa shape index (κ2) is 10.8. The molecule has 0 spiro atoms. The van der Waals surface area contributed by atoms with E-state index in [1.54, 1.807) is 6.07 Å². The van der Waals surface area contributed by atoms with Crippen LogP contribution < -0.4 is 4.72 Å². The number of nitrogens with zero attached hydrogens (tertiary/aromatic N) is 1. The van der Waals surface area contributed by atoms with E-state index in [4.69, 9.17) is 4.74 Å². The average molecular weight is 453 g/mol. The monoisotopic (exact) mass is 452 g/mol. The number of ether oxygens (including phenoxy) is 1. The number of rotatable bonds is 8. The molecule has 1 aromatic carbocycles. The molecule has 1 aromatic rings. The molecule has 31 heavy (non-hydrogen) atoms. The molecule has 3 rings (SSSR count). The Bertz CT molecular complexity index is 836. The van der Waals surface area contributed by atoms with Gasteiger partial charge in [-0.2, -0.15) is 0 Å². The van der Waals surface area contributed by atoms with Crippen LogP contribution in [-0.4, -0.2) is 61.9 Å². The highest BCUT2D eigenvalue weighted by Crippen LogP contribution is 2.38. The van der Waals surface area contributed by atoms with E-state index in [-0.39, 0.29) is 24.1 Å². The molecule has 1 aliphatic heterocycles. The number of phenolic OH excluding ortho intramolecular Hbond substituents is 1.